The van der Waals surface area contributed by atoms with Crippen LogP contribution in [0.1, 0.15) is 26.2 Å². The molecule has 4 heteroatoms. The van der Waals surface area contributed by atoms with Crippen molar-refractivity contribution in [1.82, 2.24) is 10.2 Å². The number of nitrogens with one attached hydrogen (secondary N) is 1. The molecule has 0 radical (unpaired) electrons. The maximum atomic E-state index is 5.52. The number of hydrogen-bond acceptors (Lipinski definition) is 4. The van der Waals surface area contributed by atoms with Crippen LogP contribution in [0.4, 0.5) is 0 Å². The standard InChI is InChI=1S/C14H30N2O2/c1-4-15-12-14(6-10-18-11-7-14)13-16(2)8-5-9-17-3/h15H,4-13H2,1-3H3. The van der Waals surface area contributed by atoms with E-state index in [1.54, 1.807) is 7.11 Å². The lowest BCUT2D eigenvalue weighted by atomic mass is 9.79. The highest BCUT2D eigenvalue weighted by Gasteiger charge is 2.33. The molecule has 0 amide bonds. The van der Waals surface area contributed by atoms with Gasteiger partial charge in [0.25, 0.3) is 0 Å². The number of methoxy groups -OCH3 is 1. The summed E-state index contributed by atoms with van der Waals surface area (Å²) in [5, 5.41) is 3.52. The van der Waals surface area contributed by atoms with Crippen LogP contribution in [0.5, 0.6) is 0 Å². The number of rotatable bonds is 9. The maximum Gasteiger partial charge on any atom is 0.0474 e. The minimum absolute atomic E-state index is 0.399. The van der Waals surface area contributed by atoms with E-state index in [1.807, 2.05) is 0 Å². The van der Waals surface area contributed by atoms with Gasteiger partial charge in [-0.15, -0.1) is 0 Å². The lowest BCUT2D eigenvalue weighted by Crippen LogP contribution is -2.46. The molecule has 0 bridgehead atoms. The van der Waals surface area contributed by atoms with Crippen molar-refractivity contribution in [3.63, 3.8) is 0 Å². The summed E-state index contributed by atoms with van der Waals surface area (Å²) in [6, 6.07) is 0. The molecule has 0 aromatic carbocycles. The Labute approximate surface area is 112 Å². The Morgan fingerprint density at radius 2 is 2.06 bits per heavy atom. The molecular weight excluding hydrogens is 228 g/mol. The zero-order valence-corrected chi connectivity index (χ0v) is 12.3. The first-order chi connectivity index (χ1) is 8.72. The van der Waals surface area contributed by atoms with Crippen LogP contribution in [0.3, 0.4) is 0 Å². The third kappa shape index (κ3) is 5.65. The number of ether oxygens (including phenoxy) is 2. The normalized spacial score (nSPS) is 19.3. The van der Waals surface area contributed by atoms with Gasteiger partial charge < -0.3 is 19.7 Å². The quantitative estimate of drug-likeness (QED) is 0.633. The first-order valence-electron chi connectivity index (χ1n) is 7.18. The lowest BCUT2D eigenvalue weighted by Gasteiger charge is -2.40. The molecule has 0 aromatic rings. The highest BCUT2D eigenvalue weighted by atomic mass is 16.5. The summed E-state index contributed by atoms with van der Waals surface area (Å²) in [5.74, 6) is 0. The molecule has 0 unspecified atom stereocenters. The second kappa shape index (κ2) is 8.86. The molecule has 0 aliphatic carbocycles. The van der Waals surface area contributed by atoms with Crippen LogP contribution in [0.15, 0.2) is 0 Å². The van der Waals surface area contributed by atoms with E-state index in [9.17, 15) is 0 Å². The van der Waals surface area contributed by atoms with Gasteiger partial charge in [-0.05, 0) is 38.3 Å². The summed E-state index contributed by atoms with van der Waals surface area (Å²) >= 11 is 0. The Hall–Kier alpha value is -0.160. The molecular formula is C14H30N2O2. The zero-order chi connectivity index (χ0) is 13.3. The van der Waals surface area contributed by atoms with Crippen molar-refractivity contribution >= 4 is 0 Å². The fourth-order valence-corrected chi connectivity index (χ4v) is 2.72. The molecule has 108 valence electrons. The molecule has 1 aliphatic heterocycles. The SMILES string of the molecule is CCNCC1(CN(C)CCCOC)CCOCC1. The number of hydrogen-bond donors (Lipinski definition) is 1. The molecule has 18 heavy (non-hydrogen) atoms. The van der Waals surface area contributed by atoms with Crippen LogP contribution >= 0.6 is 0 Å². The zero-order valence-electron chi connectivity index (χ0n) is 12.3. The minimum Gasteiger partial charge on any atom is -0.385 e. The molecule has 1 N–H and O–H groups in total. The van der Waals surface area contributed by atoms with E-state index >= 15 is 0 Å². The van der Waals surface area contributed by atoms with Crippen LogP contribution in [-0.2, 0) is 9.47 Å². The van der Waals surface area contributed by atoms with E-state index in [0.29, 0.717) is 5.41 Å². The summed E-state index contributed by atoms with van der Waals surface area (Å²) < 4.78 is 10.6. The van der Waals surface area contributed by atoms with Gasteiger partial charge in [-0.1, -0.05) is 6.92 Å². The van der Waals surface area contributed by atoms with Gasteiger partial charge in [-0.3, -0.25) is 0 Å². The molecule has 4 nitrogen and oxygen atoms in total. The van der Waals surface area contributed by atoms with Gasteiger partial charge in [-0.25, -0.2) is 0 Å². The monoisotopic (exact) mass is 258 g/mol. The van der Waals surface area contributed by atoms with Crippen LogP contribution in [-0.4, -0.2) is 65.1 Å². The van der Waals surface area contributed by atoms with Gasteiger partial charge >= 0.3 is 0 Å². The van der Waals surface area contributed by atoms with Gasteiger partial charge in [0.05, 0.1) is 0 Å². The first kappa shape index (κ1) is 15.9. The third-order valence-electron chi connectivity index (χ3n) is 3.80. The summed E-state index contributed by atoms with van der Waals surface area (Å²) in [4.78, 5) is 2.45. The van der Waals surface area contributed by atoms with Crippen LogP contribution < -0.4 is 5.32 Å². The lowest BCUT2D eigenvalue weighted by molar-refractivity contribution is -0.00114. The second-order valence-corrected chi connectivity index (χ2v) is 5.48. The fraction of sp³-hybridized carbons (Fsp3) is 1.00. The van der Waals surface area contributed by atoms with Crippen molar-refractivity contribution < 1.29 is 9.47 Å². The van der Waals surface area contributed by atoms with Gasteiger partial charge in [0, 0.05) is 46.6 Å². The van der Waals surface area contributed by atoms with E-state index < -0.39 is 0 Å². The average molecular weight is 258 g/mol. The van der Waals surface area contributed by atoms with Crippen molar-refractivity contribution in [3.05, 3.63) is 0 Å². The van der Waals surface area contributed by atoms with E-state index in [0.717, 1.165) is 52.4 Å². The smallest absolute Gasteiger partial charge is 0.0474 e. The predicted octanol–water partition coefficient (Wildman–Crippen LogP) is 1.36. The van der Waals surface area contributed by atoms with E-state index in [1.165, 1.54) is 12.8 Å². The summed E-state index contributed by atoms with van der Waals surface area (Å²) in [5.41, 5.74) is 0.399. The molecule has 1 aliphatic rings. The Balaban J connectivity index is 2.39. The van der Waals surface area contributed by atoms with E-state index in [4.69, 9.17) is 9.47 Å². The molecule has 0 aromatic heterocycles. The highest BCUT2D eigenvalue weighted by Crippen LogP contribution is 2.30. The first-order valence-corrected chi connectivity index (χ1v) is 7.18. The molecule has 1 fully saturated rings. The second-order valence-electron chi connectivity index (χ2n) is 5.48. The van der Waals surface area contributed by atoms with Crippen LogP contribution in [0.25, 0.3) is 0 Å². The van der Waals surface area contributed by atoms with E-state index in [-0.39, 0.29) is 0 Å². The summed E-state index contributed by atoms with van der Waals surface area (Å²) in [7, 11) is 3.99. The number of nitrogens with zero attached hydrogens (tertiary/aromatic N) is 1. The van der Waals surface area contributed by atoms with Crippen LogP contribution in [0.2, 0.25) is 0 Å². The Bertz CT molecular complexity index is 206. The molecule has 1 rings (SSSR count). The van der Waals surface area contributed by atoms with E-state index in [2.05, 4.69) is 24.2 Å². The molecule has 1 heterocycles. The van der Waals surface area contributed by atoms with Gasteiger partial charge in [0.1, 0.15) is 0 Å². The van der Waals surface area contributed by atoms with Crippen molar-refractivity contribution in [3.8, 4) is 0 Å². The molecule has 1 saturated heterocycles. The van der Waals surface area contributed by atoms with Crippen molar-refractivity contribution in [2.75, 3.05) is 60.2 Å². The molecule has 0 spiro atoms. The van der Waals surface area contributed by atoms with Gasteiger partial charge in [0.2, 0.25) is 0 Å². The predicted molar refractivity (Wildman–Crippen MR) is 75.0 cm³/mol. The highest BCUT2D eigenvalue weighted by molar-refractivity contribution is 4.86. The average Bonchev–Trinajstić information content (AvgIpc) is 2.38. The Kier molecular flexibility index (Phi) is 7.82. The van der Waals surface area contributed by atoms with Crippen LogP contribution in [0, 0.1) is 5.41 Å². The molecule has 0 saturated carbocycles. The van der Waals surface area contributed by atoms with Crippen molar-refractivity contribution in [1.29, 1.82) is 0 Å². The summed E-state index contributed by atoms with van der Waals surface area (Å²) in [6.45, 7) is 9.30. The largest absolute Gasteiger partial charge is 0.385 e. The molecule has 0 atom stereocenters. The minimum atomic E-state index is 0.399. The van der Waals surface area contributed by atoms with Gasteiger partial charge in [-0.2, -0.15) is 0 Å². The topological polar surface area (TPSA) is 33.7 Å². The van der Waals surface area contributed by atoms with Crippen molar-refractivity contribution in [2.24, 2.45) is 5.41 Å². The third-order valence-corrected chi connectivity index (χ3v) is 3.80. The summed E-state index contributed by atoms with van der Waals surface area (Å²) in [6.07, 6.45) is 3.46. The fourth-order valence-electron chi connectivity index (χ4n) is 2.72. The Morgan fingerprint density at radius 3 is 2.67 bits per heavy atom. The van der Waals surface area contributed by atoms with Gasteiger partial charge in [0.15, 0.2) is 0 Å². The Morgan fingerprint density at radius 1 is 1.33 bits per heavy atom. The van der Waals surface area contributed by atoms with Crippen molar-refractivity contribution in [2.45, 2.75) is 26.2 Å². The maximum absolute atomic E-state index is 5.52.